The van der Waals surface area contributed by atoms with Crippen LogP contribution in [-0.2, 0) is 0 Å². The van der Waals surface area contributed by atoms with Gasteiger partial charge in [0.15, 0.2) is 0 Å². The molecule has 0 heterocycles. The maximum absolute atomic E-state index is 5.26. The third-order valence-corrected chi connectivity index (χ3v) is 2.10. The molecular weight excluding hydrogens is 162 g/mol. The molecule has 1 aromatic rings. The molecule has 0 bridgehead atoms. The largest absolute Gasteiger partial charge is 0.360 e. The summed E-state index contributed by atoms with van der Waals surface area (Å²) in [5.74, 6) is 5.26. The number of hydrogen-bond donors (Lipinski definition) is 2. The van der Waals surface area contributed by atoms with Gasteiger partial charge in [0.05, 0.1) is 6.67 Å². The number of aryl methyl sites for hydroxylation is 2. The molecule has 0 radical (unpaired) electrons. The Labute approximate surface area is 79.5 Å². The van der Waals surface area contributed by atoms with E-state index in [-0.39, 0.29) is 0 Å². The predicted octanol–water partition coefficient (Wildman–Crippen LogP) is 1.16. The van der Waals surface area contributed by atoms with Gasteiger partial charge in [0.25, 0.3) is 0 Å². The van der Waals surface area contributed by atoms with Crippen LogP contribution in [0, 0.1) is 13.8 Å². The first-order chi connectivity index (χ1) is 6.15. The standard InChI is InChI=1S/C10H17N3/c1-8-4-5-9(2)10(6-8)13(3)7-12-11/h4-6,12H,7,11H2,1-3H3. The van der Waals surface area contributed by atoms with Crippen LogP contribution in [0.3, 0.4) is 0 Å². The minimum Gasteiger partial charge on any atom is -0.360 e. The zero-order valence-electron chi connectivity index (χ0n) is 8.46. The second-order valence-corrected chi connectivity index (χ2v) is 3.35. The van der Waals surface area contributed by atoms with Gasteiger partial charge in [0.2, 0.25) is 0 Å². The molecule has 0 aliphatic rings. The molecule has 1 rings (SSSR count). The normalized spacial score (nSPS) is 10.2. The molecule has 3 nitrogen and oxygen atoms in total. The number of anilines is 1. The molecule has 0 saturated heterocycles. The highest BCUT2D eigenvalue weighted by molar-refractivity contribution is 5.54. The van der Waals surface area contributed by atoms with Gasteiger partial charge in [0.1, 0.15) is 0 Å². The van der Waals surface area contributed by atoms with Gasteiger partial charge < -0.3 is 4.90 Å². The highest BCUT2D eigenvalue weighted by Gasteiger charge is 2.02. The third kappa shape index (κ3) is 2.44. The van der Waals surface area contributed by atoms with Crippen LogP contribution in [0.1, 0.15) is 11.1 Å². The SMILES string of the molecule is Cc1ccc(C)c(N(C)CNN)c1. The van der Waals surface area contributed by atoms with Gasteiger partial charge in [-0.2, -0.15) is 0 Å². The van der Waals surface area contributed by atoms with Crippen LogP contribution in [0.25, 0.3) is 0 Å². The first-order valence-electron chi connectivity index (χ1n) is 4.37. The number of nitrogens with zero attached hydrogens (tertiary/aromatic N) is 1. The van der Waals surface area contributed by atoms with Crippen molar-refractivity contribution in [2.24, 2.45) is 5.84 Å². The molecule has 1 aromatic carbocycles. The van der Waals surface area contributed by atoms with Crippen molar-refractivity contribution in [3.63, 3.8) is 0 Å². The third-order valence-electron chi connectivity index (χ3n) is 2.10. The first kappa shape index (κ1) is 10.0. The molecule has 0 aliphatic heterocycles. The Morgan fingerprint density at radius 2 is 2.08 bits per heavy atom. The average Bonchev–Trinajstić information content (AvgIpc) is 2.09. The number of rotatable bonds is 3. The van der Waals surface area contributed by atoms with E-state index >= 15 is 0 Å². The molecule has 72 valence electrons. The van der Waals surface area contributed by atoms with E-state index in [9.17, 15) is 0 Å². The highest BCUT2D eigenvalue weighted by atomic mass is 15.3. The molecule has 0 amide bonds. The second-order valence-electron chi connectivity index (χ2n) is 3.35. The van der Waals surface area contributed by atoms with Crippen LogP contribution in [0.15, 0.2) is 18.2 Å². The van der Waals surface area contributed by atoms with Gasteiger partial charge in [-0.05, 0) is 31.0 Å². The van der Waals surface area contributed by atoms with Crippen molar-refractivity contribution in [3.05, 3.63) is 29.3 Å². The molecule has 0 atom stereocenters. The molecule has 0 aliphatic carbocycles. The molecule has 0 unspecified atom stereocenters. The summed E-state index contributed by atoms with van der Waals surface area (Å²) in [7, 11) is 2.02. The Morgan fingerprint density at radius 3 is 2.69 bits per heavy atom. The van der Waals surface area contributed by atoms with Gasteiger partial charge in [-0.3, -0.25) is 5.84 Å². The Hall–Kier alpha value is -1.06. The highest BCUT2D eigenvalue weighted by Crippen LogP contribution is 2.19. The van der Waals surface area contributed by atoms with Gasteiger partial charge in [0, 0.05) is 12.7 Å². The fraction of sp³-hybridized carbons (Fsp3) is 0.400. The molecule has 0 spiro atoms. The number of hydrogen-bond acceptors (Lipinski definition) is 3. The average molecular weight is 179 g/mol. The minimum atomic E-state index is 0.657. The van der Waals surface area contributed by atoms with Crippen molar-refractivity contribution < 1.29 is 0 Å². The number of nitrogens with two attached hydrogens (primary N) is 1. The van der Waals surface area contributed by atoms with E-state index in [0.717, 1.165) is 0 Å². The molecule has 13 heavy (non-hydrogen) atoms. The van der Waals surface area contributed by atoms with E-state index in [0.29, 0.717) is 6.67 Å². The fourth-order valence-electron chi connectivity index (χ4n) is 1.35. The Bertz CT molecular complexity index is 283. The second kappa shape index (κ2) is 4.25. The van der Waals surface area contributed by atoms with E-state index in [4.69, 9.17) is 5.84 Å². The van der Waals surface area contributed by atoms with E-state index in [1.54, 1.807) is 0 Å². The van der Waals surface area contributed by atoms with Gasteiger partial charge >= 0.3 is 0 Å². The van der Waals surface area contributed by atoms with Crippen LogP contribution in [0.4, 0.5) is 5.69 Å². The number of nitrogens with one attached hydrogen (secondary N) is 1. The van der Waals surface area contributed by atoms with Crippen LogP contribution >= 0.6 is 0 Å². The van der Waals surface area contributed by atoms with Crippen LogP contribution in [-0.4, -0.2) is 13.7 Å². The van der Waals surface area contributed by atoms with Crippen LogP contribution < -0.4 is 16.2 Å². The summed E-state index contributed by atoms with van der Waals surface area (Å²) in [6.07, 6.45) is 0. The topological polar surface area (TPSA) is 41.3 Å². The van der Waals surface area contributed by atoms with Crippen molar-refractivity contribution in [1.82, 2.24) is 5.43 Å². The lowest BCUT2D eigenvalue weighted by molar-refractivity contribution is 0.716. The fourth-order valence-corrected chi connectivity index (χ4v) is 1.35. The van der Waals surface area contributed by atoms with Crippen molar-refractivity contribution in [1.29, 1.82) is 0 Å². The summed E-state index contributed by atoms with van der Waals surface area (Å²) in [4.78, 5) is 2.09. The summed E-state index contributed by atoms with van der Waals surface area (Å²) >= 11 is 0. The first-order valence-corrected chi connectivity index (χ1v) is 4.37. The van der Waals surface area contributed by atoms with Gasteiger partial charge in [-0.25, -0.2) is 5.43 Å². The molecular formula is C10H17N3. The van der Waals surface area contributed by atoms with Crippen molar-refractivity contribution in [2.45, 2.75) is 13.8 Å². The summed E-state index contributed by atoms with van der Waals surface area (Å²) in [6.45, 7) is 4.85. The van der Waals surface area contributed by atoms with Gasteiger partial charge in [-0.15, -0.1) is 0 Å². The number of hydrazine groups is 1. The summed E-state index contributed by atoms with van der Waals surface area (Å²) in [5, 5.41) is 0. The van der Waals surface area contributed by atoms with E-state index in [1.165, 1.54) is 16.8 Å². The molecule has 0 aromatic heterocycles. The van der Waals surface area contributed by atoms with E-state index in [2.05, 4.69) is 42.4 Å². The summed E-state index contributed by atoms with van der Waals surface area (Å²) in [5.41, 5.74) is 6.39. The van der Waals surface area contributed by atoms with Gasteiger partial charge in [-0.1, -0.05) is 12.1 Å². The molecule has 3 N–H and O–H groups in total. The minimum absolute atomic E-state index is 0.657. The Balaban J connectivity index is 2.91. The Kier molecular flexibility index (Phi) is 3.28. The lowest BCUT2D eigenvalue weighted by Crippen LogP contribution is -2.35. The predicted molar refractivity (Wildman–Crippen MR) is 56.5 cm³/mol. The Morgan fingerprint density at radius 1 is 1.38 bits per heavy atom. The summed E-state index contributed by atoms with van der Waals surface area (Å²) < 4.78 is 0. The summed E-state index contributed by atoms with van der Waals surface area (Å²) in [6, 6.07) is 6.40. The maximum Gasteiger partial charge on any atom is 0.0805 e. The monoisotopic (exact) mass is 179 g/mol. The molecule has 3 heteroatoms. The van der Waals surface area contributed by atoms with Crippen molar-refractivity contribution in [2.75, 3.05) is 18.6 Å². The van der Waals surface area contributed by atoms with Crippen LogP contribution in [0.2, 0.25) is 0 Å². The van der Waals surface area contributed by atoms with Crippen LogP contribution in [0.5, 0.6) is 0 Å². The molecule has 0 fully saturated rings. The lowest BCUT2D eigenvalue weighted by atomic mass is 10.1. The quantitative estimate of drug-likeness (QED) is 0.415. The number of benzene rings is 1. The maximum atomic E-state index is 5.26. The molecule has 0 saturated carbocycles. The zero-order chi connectivity index (χ0) is 9.84. The van der Waals surface area contributed by atoms with E-state index < -0.39 is 0 Å². The van der Waals surface area contributed by atoms with Crippen molar-refractivity contribution >= 4 is 5.69 Å². The lowest BCUT2D eigenvalue weighted by Gasteiger charge is -2.21. The zero-order valence-corrected chi connectivity index (χ0v) is 8.46. The van der Waals surface area contributed by atoms with E-state index in [1.807, 2.05) is 7.05 Å². The van der Waals surface area contributed by atoms with Crippen molar-refractivity contribution in [3.8, 4) is 0 Å². The smallest absolute Gasteiger partial charge is 0.0805 e.